The molecule has 10 heteroatoms. The number of aryl methyl sites for hydroxylation is 1. The van der Waals surface area contributed by atoms with Gasteiger partial charge in [-0.05, 0) is 29.5 Å². The quantitative estimate of drug-likeness (QED) is 0.473. The van der Waals surface area contributed by atoms with Crippen LogP contribution < -0.4 is 5.56 Å². The third-order valence-electron chi connectivity index (χ3n) is 4.51. The Bertz CT molecular complexity index is 1400. The molecular weight excluding hydrogens is 363 g/mol. The molecule has 3 heterocycles. The molecule has 138 valence electrons. The van der Waals surface area contributed by atoms with Gasteiger partial charge in [0.05, 0.1) is 10.9 Å². The van der Waals surface area contributed by atoms with Crippen LogP contribution in [0.5, 0.6) is 0 Å². The summed E-state index contributed by atoms with van der Waals surface area (Å²) < 4.78 is 16.7. The Morgan fingerprint density at radius 1 is 1.04 bits per heavy atom. The van der Waals surface area contributed by atoms with Crippen molar-refractivity contribution in [3.63, 3.8) is 0 Å². The highest BCUT2D eigenvalue weighted by molar-refractivity contribution is 5.80. The van der Waals surface area contributed by atoms with Crippen LogP contribution in [0.4, 0.5) is 4.39 Å². The van der Waals surface area contributed by atoms with E-state index < -0.39 is 0 Å². The number of nitrogens with zero attached hydrogens (tertiary/aromatic N) is 8. The summed E-state index contributed by atoms with van der Waals surface area (Å²) in [6, 6.07) is 13.2. The van der Waals surface area contributed by atoms with Crippen LogP contribution in [0.25, 0.3) is 28.1 Å². The summed E-state index contributed by atoms with van der Waals surface area (Å²) in [5, 5.41) is 21.2. The topological polar surface area (TPSA) is 95.8 Å². The number of hydrogen-bond donors (Lipinski definition) is 0. The molecule has 9 nitrogen and oxygen atoms in total. The number of hydrogen-bond acceptors (Lipinski definition) is 6. The predicted molar refractivity (Wildman–Crippen MR) is 98.0 cm³/mol. The summed E-state index contributed by atoms with van der Waals surface area (Å²) in [6.45, 7) is 0.186. The first-order valence-corrected chi connectivity index (χ1v) is 8.47. The maximum Gasteiger partial charge on any atom is 0.262 e. The van der Waals surface area contributed by atoms with E-state index in [1.54, 1.807) is 29.6 Å². The minimum Gasteiger partial charge on any atom is -0.279 e. The molecule has 0 aliphatic carbocycles. The van der Waals surface area contributed by atoms with Gasteiger partial charge in [-0.1, -0.05) is 24.3 Å². The molecule has 0 saturated heterocycles. The number of rotatable bonds is 3. The molecule has 0 amide bonds. The van der Waals surface area contributed by atoms with E-state index in [4.69, 9.17) is 0 Å². The molecule has 2 aromatic carbocycles. The second-order valence-electron chi connectivity index (χ2n) is 6.29. The molecule has 0 aliphatic rings. The highest BCUT2D eigenvalue weighted by Gasteiger charge is 2.16. The average molecular weight is 376 g/mol. The molecule has 0 atom stereocenters. The van der Waals surface area contributed by atoms with Crippen molar-refractivity contribution in [2.24, 2.45) is 7.05 Å². The summed E-state index contributed by atoms with van der Waals surface area (Å²) in [4.78, 5) is 13.9. The Balaban J connectivity index is 1.61. The zero-order valence-corrected chi connectivity index (χ0v) is 14.7. The maximum absolute atomic E-state index is 13.4. The Morgan fingerprint density at radius 2 is 1.89 bits per heavy atom. The van der Waals surface area contributed by atoms with Crippen molar-refractivity contribution in [3.05, 3.63) is 70.5 Å². The molecule has 0 unspecified atom stereocenters. The fourth-order valence-corrected chi connectivity index (χ4v) is 3.17. The van der Waals surface area contributed by atoms with Gasteiger partial charge in [0.15, 0.2) is 5.82 Å². The first kappa shape index (κ1) is 16.2. The molecule has 0 fully saturated rings. The van der Waals surface area contributed by atoms with Gasteiger partial charge in [0.1, 0.15) is 12.4 Å². The molecule has 0 bridgehead atoms. The summed E-state index contributed by atoms with van der Waals surface area (Å²) in [5.41, 5.74) is 1.09. The van der Waals surface area contributed by atoms with Crippen LogP contribution in [0, 0.1) is 5.82 Å². The number of para-hydroxylation sites is 1. The summed E-state index contributed by atoms with van der Waals surface area (Å²) in [7, 11) is 1.65. The Kier molecular flexibility index (Phi) is 3.51. The molecule has 28 heavy (non-hydrogen) atoms. The van der Waals surface area contributed by atoms with Crippen molar-refractivity contribution in [2.75, 3.05) is 0 Å². The molecule has 0 aliphatic heterocycles. The van der Waals surface area contributed by atoms with Gasteiger partial charge in [0.2, 0.25) is 11.6 Å². The zero-order valence-electron chi connectivity index (χ0n) is 14.7. The van der Waals surface area contributed by atoms with Crippen molar-refractivity contribution >= 4 is 16.7 Å². The summed E-state index contributed by atoms with van der Waals surface area (Å²) in [5.74, 6) is 0.907. The van der Waals surface area contributed by atoms with Crippen LogP contribution >= 0.6 is 0 Å². The fourth-order valence-electron chi connectivity index (χ4n) is 3.17. The number of halogens is 1. The van der Waals surface area contributed by atoms with Gasteiger partial charge in [-0.15, -0.1) is 20.4 Å². The van der Waals surface area contributed by atoms with Crippen molar-refractivity contribution in [2.45, 2.75) is 6.54 Å². The van der Waals surface area contributed by atoms with Gasteiger partial charge in [0.25, 0.3) is 5.56 Å². The highest BCUT2D eigenvalue weighted by atomic mass is 19.1. The minimum atomic E-state index is -0.371. The van der Waals surface area contributed by atoms with Crippen molar-refractivity contribution < 1.29 is 4.39 Å². The lowest BCUT2D eigenvalue weighted by molar-refractivity contribution is 0.552. The Morgan fingerprint density at radius 3 is 2.75 bits per heavy atom. The molecule has 5 rings (SSSR count). The van der Waals surface area contributed by atoms with Crippen LogP contribution in [-0.4, -0.2) is 39.4 Å². The smallest absolute Gasteiger partial charge is 0.262 e. The number of aromatic nitrogens is 8. The van der Waals surface area contributed by atoms with E-state index in [9.17, 15) is 9.18 Å². The summed E-state index contributed by atoms with van der Waals surface area (Å²) in [6.07, 6.45) is 0. The summed E-state index contributed by atoms with van der Waals surface area (Å²) >= 11 is 0. The van der Waals surface area contributed by atoms with Crippen molar-refractivity contribution in [1.29, 1.82) is 0 Å². The van der Waals surface area contributed by atoms with Crippen LogP contribution in [0.15, 0.2) is 53.3 Å². The third-order valence-corrected chi connectivity index (χ3v) is 4.51. The van der Waals surface area contributed by atoms with E-state index in [2.05, 4.69) is 25.6 Å². The van der Waals surface area contributed by atoms with Crippen LogP contribution in [0.1, 0.15) is 5.82 Å². The Hall–Kier alpha value is -3.95. The van der Waals surface area contributed by atoms with E-state index in [-0.39, 0.29) is 17.9 Å². The lowest BCUT2D eigenvalue weighted by atomic mass is 10.2. The lowest BCUT2D eigenvalue weighted by Crippen LogP contribution is -2.20. The zero-order chi connectivity index (χ0) is 19.3. The van der Waals surface area contributed by atoms with Gasteiger partial charge < -0.3 is 0 Å². The normalized spacial score (nSPS) is 11.5. The van der Waals surface area contributed by atoms with Crippen LogP contribution in [0.3, 0.4) is 0 Å². The molecule has 0 N–H and O–H groups in total. The van der Waals surface area contributed by atoms with E-state index in [0.29, 0.717) is 33.9 Å². The van der Waals surface area contributed by atoms with E-state index in [0.717, 1.165) is 0 Å². The second-order valence-corrected chi connectivity index (χ2v) is 6.29. The third kappa shape index (κ3) is 2.46. The molecule has 5 aromatic rings. The van der Waals surface area contributed by atoms with Crippen molar-refractivity contribution in [1.82, 2.24) is 39.4 Å². The van der Waals surface area contributed by atoms with Gasteiger partial charge in [-0.25, -0.2) is 4.39 Å². The minimum absolute atomic E-state index is 0.144. The monoisotopic (exact) mass is 376 g/mol. The van der Waals surface area contributed by atoms with E-state index in [1.165, 1.54) is 21.5 Å². The SMILES string of the molecule is Cn1c(=O)c2ccccc2n2c(Cn3nnc(-c4cccc(F)c4)n3)nnc12. The van der Waals surface area contributed by atoms with Gasteiger partial charge >= 0.3 is 0 Å². The molecular formula is C18H13FN8O. The first-order chi connectivity index (χ1) is 13.6. The van der Waals surface area contributed by atoms with Gasteiger partial charge in [0, 0.05) is 12.6 Å². The molecule has 0 spiro atoms. The van der Waals surface area contributed by atoms with Crippen LogP contribution in [-0.2, 0) is 13.6 Å². The average Bonchev–Trinajstić information content (AvgIpc) is 3.34. The molecule has 0 radical (unpaired) electrons. The first-order valence-electron chi connectivity index (χ1n) is 8.47. The highest BCUT2D eigenvalue weighted by Crippen LogP contribution is 2.16. The maximum atomic E-state index is 13.4. The number of fused-ring (bicyclic) bond motifs is 3. The van der Waals surface area contributed by atoms with Gasteiger partial charge in [-0.3, -0.25) is 13.8 Å². The lowest BCUT2D eigenvalue weighted by Gasteiger charge is -2.07. The van der Waals surface area contributed by atoms with E-state index in [1.807, 2.05) is 18.2 Å². The molecule has 0 saturated carbocycles. The standard InChI is InChI=1S/C18H13FN8O/c1-25-17(28)13-7-2-3-8-14(13)27-15(20-22-18(25)27)10-26-23-16(21-24-26)11-5-4-6-12(19)9-11/h2-9H,10H2,1H3. The molecule has 3 aromatic heterocycles. The second kappa shape index (κ2) is 6.05. The Labute approximate surface area is 156 Å². The largest absolute Gasteiger partial charge is 0.279 e. The number of tetrazole rings is 1. The van der Waals surface area contributed by atoms with Crippen LogP contribution in [0.2, 0.25) is 0 Å². The van der Waals surface area contributed by atoms with Crippen molar-refractivity contribution in [3.8, 4) is 11.4 Å². The van der Waals surface area contributed by atoms with E-state index >= 15 is 0 Å². The number of benzene rings is 2. The fraction of sp³-hybridized carbons (Fsp3) is 0.111. The predicted octanol–water partition coefficient (Wildman–Crippen LogP) is 1.42. The van der Waals surface area contributed by atoms with Gasteiger partial charge in [-0.2, -0.15) is 4.80 Å².